The van der Waals surface area contributed by atoms with Crippen molar-refractivity contribution in [1.29, 1.82) is 0 Å². The Balaban J connectivity index is 1.78. The second kappa shape index (κ2) is 6.50. The maximum Gasteiger partial charge on any atom is 0.297 e. The summed E-state index contributed by atoms with van der Waals surface area (Å²) in [6, 6.07) is 5.72. The third kappa shape index (κ3) is 3.31. The number of halogens is 2. The minimum atomic E-state index is -2.48. The predicted octanol–water partition coefficient (Wildman–Crippen LogP) is 3.93. The number of ether oxygens (including phenoxy) is 2. The van der Waals surface area contributed by atoms with Crippen molar-refractivity contribution >= 4 is 11.0 Å². The number of imidazole rings is 1. The molecule has 1 fully saturated rings. The van der Waals surface area contributed by atoms with E-state index in [2.05, 4.69) is 4.98 Å². The molecule has 0 saturated heterocycles. The average Bonchev–Trinajstić information content (AvgIpc) is 2.82. The Hall–Kier alpha value is -1.85. The SMILES string of the molecule is Cn1c(OC2CCCCC2)nc2ccc(OCC(F)F)cc21. The van der Waals surface area contributed by atoms with Gasteiger partial charge in [0.25, 0.3) is 12.4 Å². The van der Waals surface area contributed by atoms with E-state index in [1.807, 2.05) is 11.6 Å². The van der Waals surface area contributed by atoms with Crippen LogP contribution >= 0.6 is 0 Å². The lowest BCUT2D eigenvalue weighted by Crippen LogP contribution is -2.21. The largest absolute Gasteiger partial charge is 0.488 e. The molecule has 22 heavy (non-hydrogen) atoms. The molecule has 2 aromatic rings. The van der Waals surface area contributed by atoms with Gasteiger partial charge in [0.15, 0.2) is 0 Å². The first kappa shape index (κ1) is 15.1. The zero-order valence-corrected chi connectivity index (χ0v) is 12.6. The first-order valence-electron chi connectivity index (χ1n) is 7.67. The number of aryl methyl sites for hydroxylation is 1. The van der Waals surface area contributed by atoms with E-state index in [0.717, 1.165) is 23.9 Å². The van der Waals surface area contributed by atoms with Crippen LogP contribution in [0.3, 0.4) is 0 Å². The number of hydrogen-bond donors (Lipinski definition) is 0. The summed E-state index contributed by atoms with van der Waals surface area (Å²) in [6.45, 7) is -0.602. The van der Waals surface area contributed by atoms with E-state index in [9.17, 15) is 8.78 Å². The zero-order valence-electron chi connectivity index (χ0n) is 12.6. The molecule has 1 aliphatic carbocycles. The van der Waals surface area contributed by atoms with Crippen molar-refractivity contribution in [3.63, 3.8) is 0 Å². The van der Waals surface area contributed by atoms with E-state index < -0.39 is 13.0 Å². The topological polar surface area (TPSA) is 36.3 Å². The molecule has 0 atom stereocenters. The summed E-state index contributed by atoms with van der Waals surface area (Å²) in [6.07, 6.45) is 3.53. The molecule has 1 aliphatic rings. The number of aromatic nitrogens is 2. The number of nitrogens with zero attached hydrogens (tertiary/aromatic N) is 2. The number of fused-ring (bicyclic) bond motifs is 1. The van der Waals surface area contributed by atoms with E-state index in [1.54, 1.807) is 18.2 Å². The van der Waals surface area contributed by atoms with Gasteiger partial charge in [0, 0.05) is 13.1 Å². The summed E-state index contributed by atoms with van der Waals surface area (Å²) < 4.78 is 37.3. The van der Waals surface area contributed by atoms with Crippen LogP contribution in [0.2, 0.25) is 0 Å². The third-order valence-electron chi connectivity index (χ3n) is 4.01. The van der Waals surface area contributed by atoms with Gasteiger partial charge in [-0.15, -0.1) is 0 Å². The Bertz CT molecular complexity index is 636. The second-order valence-corrected chi connectivity index (χ2v) is 5.68. The van der Waals surface area contributed by atoms with E-state index in [-0.39, 0.29) is 6.10 Å². The fourth-order valence-corrected chi connectivity index (χ4v) is 2.83. The lowest BCUT2D eigenvalue weighted by molar-refractivity contribution is 0.0819. The fraction of sp³-hybridized carbons (Fsp3) is 0.562. The molecule has 4 nitrogen and oxygen atoms in total. The van der Waals surface area contributed by atoms with Crippen molar-refractivity contribution in [3.05, 3.63) is 18.2 Å². The van der Waals surface area contributed by atoms with Gasteiger partial charge in [-0.2, -0.15) is 4.98 Å². The van der Waals surface area contributed by atoms with E-state index in [0.29, 0.717) is 11.8 Å². The molecule has 1 aromatic carbocycles. The molecule has 0 radical (unpaired) electrons. The quantitative estimate of drug-likeness (QED) is 0.839. The maximum absolute atomic E-state index is 12.2. The first-order chi connectivity index (χ1) is 10.6. The van der Waals surface area contributed by atoms with Gasteiger partial charge >= 0.3 is 0 Å². The molecule has 120 valence electrons. The second-order valence-electron chi connectivity index (χ2n) is 5.68. The van der Waals surface area contributed by atoms with Crippen molar-refractivity contribution in [3.8, 4) is 11.8 Å². The molecule has 1 aromatic heterocycles. The minimum Gasteiger partial charge on any atom is -0.488 e. The van der Waals surface area contributed by atoms with E-state index in [1.165, 1.54) is 19.3 Å². The number of benzene rings is 1. The molecule has 0 bridgehead atoms. The van der Waals surface area contributed by atoms with Gasteiger partial charge in [0.1, 0.15) is 18.5 Å². The Kier molecular flexibility index (Phi) is 4.45. The normalized spacial score (nSPS) is 16.4. The molecule has 0 unspecified atom stereocenters. The molecule has 6 heteroatoms. The Morgan fingerprint density at radius 1 is 1.27 bits per heavy atom. The van der Waals surface area contributed by atoms with E-state index in [4.69, 9.17) is 9.47 Å². The van der Waals surface area contributed by atoms with Crippen molar-refractivity contribution < 1.29 is 18.3 Å². The monoisotopic (exact) mass is 310 g/mol. The standard InChI is InChI=1S/C16H20F2N2O2/c1-20-14-9-12(21-10-15(17)18)7-8-13(14)19-16(20)22-11-5-3-2-4-6-11/h7-9,11,15H,2-6,10H2,1H3. The first-order valence-corrected chi connectivity index (χ1v) is 7.67. The zero-order chi connectivity index (χ0) is 15.5. The predicted molar refractivity (Wildman–Crippen MR) is 79.7 cm³/mol. The highest BCUT2D eigenvalue weighted by Gasteiger charge is 2.18. The molecular formula is C16H20F2N2O2. The lowest BCUT2D eigenvalue weighted by atomic mass is 9.98. The van der Waals surface area contributed by atoms with Crippen molar-refractivity contribution in [1.82, 2.24) is 9.55 Å². The van der Waals surface area contributed by atoms with Gasteiger partial charge in [-0.3, -0.25) is 4.57 Å². The van der Waals surface area contributed by atoms with Crippen LogP contribution in [0.25, 0.3) is 11.0 Å². The van der Waals surface area contributed by atoms with Gasteiger partial charge in [-0.05, 0) is 37.8 Å². The number of rotatable bonds is 5. The van der Waals surface area contributed by atoms with Crippen LogP contribution in [0.4, 0.5) is 8.78 Å². The highest BCUT2D eigenvalue weighted by Crippen LogP contribution is 2.27. The van der Waals surface area contributed by atoms with Crippen LogP contribution in [-0.4, -0.2) is 28.7 Å². The molecule has 1 heterocycles. The van der Waals surface area contributed by atoms with Crippen LogP contribution in [0.5, 0.6) is 11.8 Å². The summed E-state index contributed by atoms with van der Waals surface area (Å²) >= 11 is 0. The average molecular weight is 310 g/mol. The van der Waals surface area contributed by atoms with Crippen LogP contribution in [-0.2, 0) is 7.05 Å². The highest BCUT2D eigenvalue weighted by atomic mass is 19.3. The van der Waals surface area contributed by atoms with Crippen molar-refractivity contribution in [2.24, 2.45) is 7.05 Å². The van der Waals surface area contributed by atoms with Crippen LogP contribution in [0.1, 0.15) is 32.1 Å². The minimum absolute atomic E-state index is 0.221. The molecule has 0 aliphatic heterocycles. The van der Waals surface area contributed by atoms with Gasteiger partial charge in [0.05, 0.1) is 11.0 Å². The van der Waals surface area contributed by atoms with Crippen LogP contribution < -0.4 is 9.47 Å². The summed E-state index contributed by atoms with van der Waals surface area (Å²) in [5.74, 6) is 0.417. The Morgan fingerprint density at radius 2 is 2.05 bits per heavy atom. The van der Waals surface area contributed by atoms with E-state index >= 15 is 0 Å². The molecule has 0 N–H and O–H groups in total. The van der Waals surface area contributed by atoms with Crippen LogP contribution in [0.15, 0.2) is 18.2 Å². The van der Waals surface area contributed by atoms with Gasteiger partial charge in [0.2, 0.25) is 0 Å². The summed E-state index contributed by atoms with van der Waals surface area (Å²) in [4.78, 5) is 4.48. The fourth-order valence-electron chi connectivity index (χ4n) is 2.83. The lowest BCUT2D eigenvalue weighted by Gasteiger charge is -2.22. The summed E-state index contributed by atoms with van der Waals surface area (Å²) in [7, 11) is 1.87. The van der Waals surface area contributed by atoms with Gasteiger partial charge in [-0.1, -0.05) is 6.42 Å². The molecule has 3 rings (SSSR count). The van der Waals surface area contributed by atoms with Crippen LogP contribution in [0, 0.1) is 0 Å². The smallest absolute Gasteiger partial charge is 0.297 e. The summed E-state index contributed by atoms with van der Waals surface area (Å²) in [5.41, 5.74) is 1.59. The highest BCUT2D eigenvalue weighted by molar-refractivity contribution is 5.78. The van der Waals surface area contributed by atoms with Crippen molar-refractivity contribution in [2.75, 3.05) is 6.61 Å². The summed E-state index contributed by atoms with van der Waals surface area (Å²) in [5, 5.41) is 0. The van der Waals surface area contributed by atoms with Gasteiger partial charge in [-0.25, -0.2) is 8.78 Å². The molecule has 1 saturated carbocycles. The Morgan fingerprint density at radius 3 is 2.77 bits per heavy atom. The molecule has 0 spiro atoms. The number of hydrogen-bond acceptors (Lipinski definition) is 3. The molecular weight excluding hydrogens is 290 g/mol. The van der Waals surface area contributed by atoms with Crippen molar-refractivity contribution in [2.45, 2.75) is 44.6 Å². The maximum atomic E-state index is 12.2. The van der Waals surface area contributed by atoms with Gasteiger partial charge < -0.3 is 9.47 Å². The number of alkyl halides is 2. The molecule has 0 amide bonds. The Labute approximate surface area is 128 Å². The third-order valence-corrected chi connectivity index (χ3v) is 4.01.